The van der Waals surface area contributed by atoms with E-state index >= 15 is 0 Å². The maximum absolute atomic E-state index is 11.6. The van der Waals surface area contributed by atoms with Crippen molar-refractivity contribution in [3.63, 3.8) is 0 Å². The van der Waals surface area contributed by atoms with E-state index in [2.05, 4.69) is 20.9 Å². The van der Waals surface area contributed by atoms with Crippen LogP contribution in [0.3, 0.4) is 0 Å². The lowest BCUT2D eigenvalue weighted by atomic mass is 10.1. The number of carboxylic acids is 1. The van der Waals surface area contributed by atoms with E-state index in [9.17, 15) is 9.90 Å². The van der Waals surface area contributed by atoms with Crippen LogP contribution >= 0.6 is 11.3 Å². The molecule has 2 aromatic heterocycles. The minimum absolute atomic E-state index is 0.322. The Morgan fingerprint density at radius 1 is 1.33 bits per heavy atom. The third-order valence-corrected chi connectivity index (χ3v) is 5.30. The standard InChI is InChI=1S/C17H17N3O3S/c21-16(22)15-14(19-17(24-15)20-5-7-23-8-6-20)10-11-1-2-12-3-4-18-13(12)9-11/h1-4,9,18H,5-8,10H2,(H,21,22). The number of aromatic carboxylic acids is 1. The van der Waals surface area contributed by atoms with Gasteiger partial charge in [0, 0.05) is 31.2 Å². The average molecular weight is 343 g/mol. The fourth-order valence-corrected chi connectivity index (χ4v) is 3.89. The van der Waals surface area contributed by atoms with Crippen molar-refractivity contribution in [1.29, 1.82) is 0 Å². The van der Waals surface area contributed by atoms with Crippen LogP contribution in [0, 0.1) is 0 Å². The number of hydrogen-bond donors (Lipinski definition) is 2. The number of ether oxygens (including phenoxy) is 1. The molecule has 0 saturated carbocycles. The summed E-state index contributed by atoms with van der Waals surface area (Å²) in [6.45, 7) is 2.81. The predicted molar refractivity (Wildman–Crippen MR) is 93.2 cm³/mol. The average Bonchev–Trinajstić information content (AvgIpc) is 3.22. The molecular formula is C17H17N3O3S. The normalized spacial score (nSPS) is 15.1. The zero-order valence-electron chi connectivity index (χ0n) is 13.0. The highest BCUT2D eigenvalue weighted by Gasteiger charge is 2.22. The number of anilines is 1. The van der Waals surface area contributed by atoms with Gasteiger partial charge in [-0.05, 0) is 23.1 Å². The van der Waals surface area contributed by atoms with Gasteiger partial charge in [0.1, 0.15) is 4.88 Å². The summed E-state index contributed by atoms with van der Waals surface area (Å²) in [4.78, 5) is 21.8. The number of aromatic amines is 1. The summed E-state index contributed by atoms with van der Waals surface area (Å²) in [6.07, 6.45) is 2.41. The monoisotopic (exact) mass is 343 g/mol. The van der Waals surface area contributed by atoms with Gasteiger partial charge in [0.05, 0.1) is 18.9 Å². The van der Waals surface area contributed by atoms with Crippen molar-refractivity contribution in [3.8, 4) is 0 Å². The number of carbonyl (C=O) groups is 1. The van der Waals surface area contributed by atoms with Gasteiger partial charge in [-0.1, -0.05) is 23.5 Å². The van der Waals surface area contributed by atoms with Crippen molar-refractivity contribution >= 4 is 33.3 Å². The van der Waals surface area contributed by atoms with Crippen molar-refractivity contribution in [2.45, 2.75) is 6.42 Å². The first-order chi connectivity index (χ1) is 11.7. The fourth-order valence-electron chi connectivity index (χ4n) is 2.91. The number of morpholine rings is 1. The van der Waals surface area contributed by atoms with Gasteiger partial charge in [-0.15, -0.1) is 0 Å². The minimum atomic E-state index is -0.914. The summed E-state index contributed by atoms with van der Waals surface area (Å²) in [7, 11) is 0. The van der Waals surface area contributed by atoms with Crippen LogP contribution in [0.4, 0.5) is 5.13 Å². The van der Waals surface area contributed by atoms with E-state index in [0.29, 0.717) is 30.2 Å². The van der Waals surface area contributed by atoms with Crippen LogP contribution < -0.4 is 4.90 Å². The second-order valence-electron chi connectivity index (χ2n) is 5.75. The van der Waals surface area contributed by atoms with Gasteiger partial charge in [-0.3, -0.25) is 0 Å². The maximum Gasteiger partial charge on any atom is 0.347 e. The van der Waals surface area contributed by atoms with Gasteiger partial charge < -0.3 is 19.7 Å². The molecule has 0 radical (unpaired) electrons. The highest BCUT2D eigenvalue weighted by atomic mass is 32.1. The smallest absolute Gasteiger partial charge is 0.347 e. The second-order valence-corrected chi connectivity index (χ2v) is 6.73. The SMILES string of the molecule is O=C(O)c1sc(N2CCOCC2)nc1Cc1ccc2cc[nH]c2c1. The van der Waals surface area contributed by atoms with Crippen LogP contribution in [-0.4, -0.2) is 47.3 Å². The van der Waals surface area contributed by atoms with Crippen molar-refractivity contribution in [1.82, 2.24) is 9.97 Å². The van der Waals surface area contributed by atoms with E-state index < -0.39 is 5.97 Å². The molecule has 0 atom stereocenters. The van der Waals surface area contributed by atoms with Crippen LogP contribution in [0.25, 0.3) is 10.9 Å². The molecule has 6 nitrogen and oxygen atoms in total. The zero-order chi connectivity index (χ0) is 16.5. The molecule has 3 heterocycles. The Labute approximate surface area is 142 Å². The van der Waals surface area contributed by atoms with Crippen LogP contribution in [-0.2, 0) is 11.2 Å². The Kier molecular flexibility index (Phi) is 3.95. The number of nitrogens with zero attached hydrogens (tertiary/aromatic N) is 2. The molecule has 1 aliphatic rings. The molecule has 0 aliphatic carbocycles. The molecule has 1 saturated heterocycles. The molecule has 7 heteroatoms. The van der Waals surface area contributed by atoms with Crippen molar-refractivity contribution < 1.29 is 14.6 Å². The Bertz CT molecular complexity index is 880. The number of carboxylic acid groups (broad SMARTS) is 1. The van der Waals surface area contributed by atoms with Crippen LogP contribution in [0.2, 0.25) is 0 Å². The van der Waals surface area contributed by atoms with Gasteiger partial charge in [0.2, 0.25) is 0 Å². The van der Waals surface area contributed by atoms with E-state index in [4.69, 9.17) is 4.74 Å². The topological polar surface area (TPSA) is 78.4 Å². The van der Waals surface area contributed by atoms with Crippen LogP contribution in [0.5, 0.6) is 0 Å². The summed E-state index contributed by atoms with van der Waals surface area (Å²) in [6, 6.07) is 8.13. The molecule has 0 amide bonds. The zero-order valence-corrected chi connectivity index (χ0v) is 13.8. The quantitative estimate of drug-likeness (QED) is 0.761. The largest absolute Gasteiger partial charge is 0.477 e. The Morgan fingerprint density at radius 3 is 2.96 bits per heavy atom. The Hall–Kier alpha value is -2.38. The number of H-pyrrole nitrogens is 1. The van der Waals surface area contributed by atoms with E-state index in [0.717, 1.165) is 34.7 Å². The van der Waals surface area contributed by atoms with Gasteiger partial charge in [0.25, 0.3) is 0 Å². The lowest BCUT2D eigenvalue weighted by Crippen LogP contribution is -2.36. The predicted octanol–water partition coefficient (Wildman–Crippen LogP) is 2.75. The number of thiazole rings is 1. The Morgan fingerprint density at radius 2 is 2.17 bits per heavy atom. The summed E-state index contributed by atoms with van der Waals surface area (Å²) < 4.78 is 5.35. The molecule has 3 aromatic rings. The first-order valence-corrected chi connectivity index (χ1v) is 8.64. The number of hydrogen-bond acceptors (Lipinski definition) is 5. The van der Waals surface area contributed by atoms with Crippen LogP contribution in [0.15, 0.2) is 30.5 Å². The molecule has 0 spiro atoms. The van der Waals surface area contributed by atoms with Crippen molar-refractivity contribution in [3.05, 3.63) is 46.6 Å². The molecule has 1 fully saturated rings. The van der Waals surface area contributed by atoms with Gasteiger partial charge in [-0.2, -0.15) is 0 Å². The third kappa shape index (κ3) is 2.88. The van der Waals surface area contributed by atoms with E-state index in [-0.39, 0.29) is 0 Å². The lowest BCUT2D eigenvalue weighted by Gasteiger charge is -2.26. The summed E-state index contributed by atoms with van der Waals surface area (Å²) in [5.41, 5.74) is 2.72. The lowest BCUT2D eigenvalue weighted by molar-refractivity contribution is 0.0701. The highest BCUT2D eigenvalue weighted by Crippen LogP contribution is 2.29. The highest BCUT2D eigenvalue weighted by molar-refractivity contribution is 7.17. The minimum Gasteiger partial charge on any atom is -0.477 e. The summed E-state index contributed by atoms with van der Waals surface area (Å²) in [5, 5.41) is 11.4. The first-order valence-electron chi connectivity index (χ1n) is 7.82. The number of nitrogens with one attached hydrogen (secondary N) is 1. The molecular weight excluding hydrogens is 326 g/mol. The molecule has 1 aromatic carbocycles. The summed E-state index contributed by atoms with van der Waals surface area (Å²) in [5.74, 6) is -0.914. The molecule has 4 rings (SSSR count). The maximum atomic E-state index is 11.6. The number of benzene rings is 1. The number of fused-ring (bicyclic) bond motifs is 1. The van der Waals surface area contributed by atoms with Gasteiger partial charge >= 0.3 is 5.97 Å². The molecule has 1 aliphatic heterocycles. The Balaban J connectivity index is 1.65. The summed E-state index contributed by atoms with van der Waals surface area (Å²) >= 11 is 1.25. The number of aromatic nitrogens is 2. The van der Waals surface area contributed by atoms with Gasteiger partial charge in [0.15, 0.2) is 5.13 Å². The van der Waals surface area contributed by atoms with E-state index in [1.165, 1.54) is 11.3 Å². The van der Waals surface area contributed by atoms with E-state index in [1.807, 2.05) is 24.4 Å². The van der Waals surface area contributed by atoms with Crippen molar-refractivity contribution in [2.75, 3.05) is 31.2 Å². The third-order valence-electron chi connectivity index (χ3n) is 4.15. The molecule has 24 heavy (non-hydrogen) atoms. The molecule has 0 unspecified atom stereocenters. The van der Waals surface area contributed by atoms with E-state index in [1.54, 1.807) is 0 Å². The van der Waals surface area contributed by atoms with Crippen molar-refractivity contribution in [2.24, 2.45) is 0 Å². The van der Waals surface area contributed by atoms with Gasteiger partial charge in [-0.25, -0.2) is 9.78 Å². The van der Waals surface area contributed by atoms with Crippen LogP contribution in [0.1, 0.15) is 20.9 Å². The molecule has 124 valence electrons. The first kappa shape index (κ1) is 15.2. The molecule has 2 N–H and O–H groups in total. The fraction of sp³-hybridized carbons (Fsp3) is 0.294. The number of rotatable bonds is 4. The molecule has 0 bridgehead atoms. The second kappa shape index (κ2) is 6.26.